The van der Waals surface area contributed by atoms with Crippen LogP contribution in [-0.2, 0) is 5.72 Å². The molecule has 2 aliphatic rings. The van der Waals surface area contributed by atoms with Gasteiger partial charge in [0.1, 0.15) is 17.1 Å². The summed E-state index contributed by atoms with van der Waals surface area (Å²) in [6.45, 7) is 4.16. The maximum atomic E-state index is 13.6. The molecule has 0 fully saturated rings. The number of methoxy groups -OCH3 is 1. The maximum Gasteiger partial charge on any atom is 0.343 e. The second kappa shape index (κ2) is 6.82. The highest BCUT2D eigenvalue weighted by atomic mass is 16.5. The molecule has 7 heteroatoms. The minimum atomic E-state index is -1.04. The van der Waals surface area contributed by atoms with Gasteiger partial charge < -0.3 is 28.5 Å². The number of nitrogens with one attached hydrogen (secondary N) is 1. The molecule has 2 aliphatic heterocycles. The average Bonchev–Trinajstić information content (AvgIpc) is 3.34. The van der Waals surface area contributed by atoms with Crippen molar-refractivity contribution in [1.82, 2.24) is 0 Å². The van der Waals surface area contributed by atoms with Gasteiger partial charge in [0.2, 0.25) is 5.72 Å². The summed E-state index contributed by atoms with van der Waals surface area (Å²) in [6.07, 6.45) is 1.64. The highest BCUT2D eigenvalue weighted by molar-refractivity contribution is 5.88. The molecular formula is C27H26N2O5. The van der Waals surface area contributed by atoms with E-state index < -0.39 is 16.8 Å². The van der Waals surface area contributed by atoms with Gasteiger partial charge in [0.25, 0.3) is 0 Å². The molecule has 0 amide bonds. The second-order valence-electron chi connectivity index (χ2n) is 9.70. The van der Waals surface area contributed by atoms with Crippen LogP contribution in [0.25, 0.3) is 11.0 Å². The Labute approximate surface area is 196 Å². The third-order valence-electron chi connectivity index (χ3n) is 7.31. The fourth-order valence-electron chi connectivity index (χ4n) is 5.51. The van der Waals surface area contributed by atoms with Gasteiger partial charge in [0.15, 0.2) is 5.76 Å². The van der Waals surface area contributed by atoms with E-state index in [1.54, 1.807) is 13.4 Å². The lowest BCUT2D eigenvalue weighted by Crippen LogP contribution is -2.61. The third kappa shape index (κ3) is 2.55. The molecule has 34 heavy (non-hydrogen) atoms. The summed E-state index contributed by atoms with van der Waals surface area (Å²) < 4.78 is 24.2. The molecular weight excluding hydrogens is 432 g/mol. The van der Waals surface area contributed by atoms with E-state index in [2.05, 4.69) is 19.2 Å². The summed E-state index contributed by atoms with van der Waals surface area (Å²) in [4.78, 5) is 15.5. The molecule has 0 aliphatic carbocycles. The number of anilines is 2. The number of hydrogen-bond donors (Lipinski definition) is 1. The largest absolute Gasteiger partial charge is 0.497 e. The molecule has 1 N–H and O–H groups in total. The van der Waals surface area contributed by atoms with Crippen molar-refractivity contribution >= 4 is 22.3 Å². The minimum Gasteiger partial charge on any atom is -0.497 e. The van der Waals surface area contributed by atoms with Crippen LogP contribution >= 0.6 is 0 Å². The topological polar surface area (TPSA) is 77.1 Å². The number of fused-ring (bicyclic) bond motifs is 8. The number of nitrogens with zero attached hydrogens (tertiary/aromatic N) is 1. The zero-order chi connectivity index (χ0) is 23.8. The van der Waals surface area contributed by atoms with E-state index in [1.165, 1.54) is 0 Å². The number of ether oxygens (including phenoxy) is 2. The molecule has 2 bridgehead atoms. The van der Waals surface area contributed by atoms with Gasteiger partial charge in [-0.15, -0.1) is 0 Å². The van der Waals surface area contributed by atoms with Crippen molar-refractivity contribution in [1.29, 1.82) is 0 Å². The zero-order valence-electron chi connectivity index (χ0n) is 19.8. The van der Waals surface area contributed by atoms with E-state index in [4.69, 9.17) is 18.3 Å². The first kappa shape index (κ1) is 20.7. The molecule has 0 saturated carbocycles. The lowest BCUT2D eigenvalue weighted by atomic mass is 9.60. The van der Waals surface area contributed by atoms with Crippen LogP contribution in [0.5, 0.6) is 11.5 Å². The van der Waals surface area contributed by atoms with Gasteiger partial charge in [0, 0.05) is 42.9 Å². The molecule has 2 aromatic heterocycles. The van der Waals surface area contributed by atoms with Gasteiger partial charge in [-0.25, -0.2) is 4.79 Å². The lowest BCUT2D eigenvalue weighted by Gasteiger charge is -2.56. The summed E-state index contributed by atoms with van der Waals surface area (Å²) in [6, 6.07) is 15.4. The Kier molecular flexibility index (Phi) is 4.16. The zero-order valence-corrected chi connectivity index (χ0v) is 19.8. The Hall–Kier alpha value is -3.87. The van der Waals surface area contributed by atoms with E-state index in [9.17, 15) is 4.79 Å². The van der Waals surface area contributed by atoms with Crippen molar-refractivity contribution in [3.8, 4) is 11.5 Å². The SMILES string of the molecule is COc1ccc2c(c1)[C@@H]1c3c(c4ccc(N(C)C)cc4oc3=O)O[C@](c3ccco3)(N2)C1(C)C. The fraction of sp³-hybridized carbons (Fsp3) is 0.296. The lowest BCUT2D eigenvalue weighted by molar-refractivity contribution is -0.0717. The Morgan fingerprint density at radius 2 is 1.91 bits per heavy atom. The van der Waals surface area contributed by atoms with Crippen LogP contribution in [0, 0.1) is 5.41 Å². The molecule has 7 nitrogen and oxygen atoms in total. The first-order valence-electron chi connectivity index (χ1n) is 11.2. The monoisotopic (exact) mass is 458 g/mol. The van der Waals surface area contributed by atoms with Gasteiger partial charge in [0.05, 0.1) is 24.3 Å². The van der Waals surface area contributed by atoms with Crippen LogP contribution in [-0.4, -0.2) is 21.2 Å². The van der Waals surface area contributed by atoms with Crippen LogP contribution < -0.4 is 25.3 Å². The number of furan rings is 1. The molecule has 0 unspecified atom stereocenters. The summed E-state index contributed by atoms with van der Waals surface area (Å²) in [7, 11) is 5.53. The molecule has 0 radical (unpaired) electrons. The van der Waals surface area contributed by atoms with Gasteiger partial charge in [-0.2, -0.15) is 0 Å². The molecule has 0 saturated heterocycles. The van der Waals surface area contributed by atoms with Crippen LogP contribution in [0.2, 0.25) is 0 Å². The standard InChI is InChI=1S/C27H26N2O5/c1-26(2)23-18-14-16(31-5)9-11-19(18)28-27(26,21-7-6-12-32-21)34-24-17-10-8-15(29(3)4)13-20(17)33-25(30)22(23)24/h6-14,23,28H,1-5H3/t23-,27+/m1/s1. The minimum absolute atomic E-state index is 0.332. The Morgan fingerprint density at radius 3 is 2.62 bits per heavy atom. The summed E-state index contributed by atoms with van der Waals surface area (Å²) >= 11 is 0. The average molecular weight is 459 g/mol. The van der Waals surface area contributed by atoms with Gasteiger partial charge in [-0.3, -0.25) is 0 Å². The predicted octanol–water partition coefficient (Wildman–Crippen LogP) is 5.29. The van der Waals surface area contributed by atoms with Crippen molar-refractivity contribution in [2.24, 2.45) is 5.41 Å². The van der Waals surface area contributed by atoms with E-state index in [-0.39, 0.29) is 5.92 Å². The third-order valence-corrected chi connectivity index (χ3v) is 7.31. The Morgan fingerprint density at radius 1 is 1.09 bits per heavy atom. The fourth-order valence-corrected chi connectivity index (χ4v) is 5.51. The highest BCUT2D eigenvalue weighted by Gasteiger charge is 2.63. The van der Waals surface area contributed by atoms with Crippen LogP contribution in [0.15, 0.2) is 68.4 Å². The van der Waals surface area contributed by atoms with E-state index in [0.29, 0.717) is 22.7 Å². The van der Waals surface area contributed by atoms with Crippen LogP contribution in [0.1, 0.15) is 36.7 Å². The molecule has 174 valence electrons. The summed E-state index contributed by atoms with van der Waals surface area (Å²) in [5, 5.41) is 4.37. The van der Waals surface area contributed by atoms with Crippen molar-refractivity contribution < 1.29 is 18.3 Å². The van der Waals surface area contributed by atoms with Crippen molar-refractivity contribution in [2.75, 3.05) is 31.4 Å². The molecule has 6 rings (SSSR count). The molecule has 4 aromatic rings. The van der Waals surface area contributed by atoms with Crippen LogP contribution in [0.3, 0.4) is 0 Å². The Balaban J connectivity index is 1.72. The normalized spacial score (nSPS) is 21.7. The number of benzene rings is 2. The molecule has 2 atom stereocenters. The van der Waals surface area contributed by atoms with E-state index >= 15 is 0 Å². The first-order chi connectivity index (χ1) is 16.3. The second-order valence-corrected chi connectivity index (χ2v) is 9.70. The van der Waals surface area contributed by atoms with E-state index in [1.807, 2.05) is 67.5 Å². The molecule has 0 spiro atoms. The maximum absolute atomic E-state index is 13.6. The quantitative estimate of drug-likeness (QED) is 0.418. The number of hydrogen-bond acceptors (Lipinski definition) is 7. The highest BCUT2D eigenvalue weighted by Crippen LogP contribution is 2.63. The Bertz CT molecular complexity index is 1490. The van der Waals surface area contributed by atoms with Crippen molar-refractivity contribution in [3.63, 3.8) is 0 Å². The first-order valence-corrected chi connectivity index (χ1v) is 11.2. The van der Waals surface area contributed by atoms with Gasteiger partial charge >= 0.3 is 5.63 Å². The summed E-state index contributed by atoms with van der Waals surface area (Å²) in [5.74, 6) is 1.54. The van der Waals surface area contributed by atoms with Gasteiger partial charge in [-0.1, -0.05) is 13.8 Å². The van der Waals surface area contributed by atoms with Crippen molar-refractivity contribution in [3.05, 3.63) is 82.1 Å². The predicted molar refractivity (Wildman–Crippen MR) is 130 cm³/mol. The van der Waals surface area contributed by atoms with Crippen molar-refractivity contribution in [2.45, 2.75) is 25.5 Å². The summed E-state index contributed by atoms with van der Waals surface area (Å²) in [5.41, 5.74) is 1.66. The number of rotatable bonds is 3. The smallest absolute Gasteiger partial charge is 0.343 e. The van der Waals surface area contributed by atoms with Crippen LogP contribution in [0.4, 0.5) is 11.4 Å². The van der Waals surface area contributed by atoms with E-state index in [0.717, 1.165) is 28.1 Å². The molecule has 2 aromatic carbocycles. The van der Waals surface area contributed by atoms with Gasteiger partial charge in [-0.05, 0) is 48.0 Å². The molecule has 4 heterocycles.